The Morgan fingerprint density at radius 2 is 1.95 bits per heavy atom. The summed E-state index contributed by atoms with van der Waals surface area (Å²) in [5.74, 6) is -0.319. The van der Waals surface area contributed by atoms with E-state index < -0.39 is 0 Å². The summed E-state index contributed by atoms with van der Waals surface area (Å²) in [5, 5.41) is 25.9. The van der Waals surface area contributed by atoms with Crippen molar-refractivity contribution >= 4 is 21.6 Å². The minimum Gasteiger partial charge on any atom is -0.395 e. The van der Waals surface area contributed by atoms with Crippen LogP contribution in [0.15, 0.2) is 35.1 Å². The van der Waals surface area contributed by atoms with Crippen molar-refractivity contribution < 1.29 is 9.50 Å². The number of benzene rings is 1. The number of halogens is 2. The van der Waals surface area contributed by atoms with Gasteiger partial charge in [0.15, 0.2) is 0 Å². The fourth-order valence-corrected chi connectivity index (χ4v) is 2.54. The number of nitrogens with zero attached hydrogens (tertiary/aromatic N) is 2. The Kier molecular flexibility index (Phi) is 4.21. The molecule has 0 bridgehead atoms. The maximum absolute atomic E-state index is 13.4. The standard InChI is InChI=1S/C14H13BrFN5O/c15-10-5-8(1-2-11(10)16)9-6-18-20-13(9)14-12(7-19-21-14)17-3-4-22/h1-2,5-7,17,22H,3-4H2,(H,18,20)(H,19,21). The zero-order valence-corrected chi connectivity index (χ0v) is 13.0. The van der Waals surface area contributed by atoms with E-state index in [2.05, 4.69) is 41.6 Å². The lowest BCUT2D eigenvalue weighted by Crippen LogP contribution is -2.05. The summed E-state index contributed by atoms with van der Waals surface area (Å²) in [7, 11) is 0. The van der Waals surface area contributed by atoms with Crippen molar-refractivity contribution in [2.45, 2.75) is 0 Å². The minimum absolute atomic E-state index is 0.0192. The van der Waals surface area contributed by atoms with E-state index in [-0.39, 0.29) is 12.4 Å². The van der Waals surface area contributed by atoms with Crippen LogP contribution in [-0.4, -0.2) is 38.7 Å². The Bertz CT molecular complexity index is 785. The van der Waals surface area contributed by atoms with Crippen molar-refractivity contribution in [3.05, 3.63) is 40.9 Å². The molecule has 0 atom stereocenters. The summed E-state index contributed by atoms with van der Waals surface area (Å²) in [6, 6.07) is 4.78. The second-order valence-corrected chi connectivity index (χ2v) is 5.45. The molecule has 4 N–H and O–H groups in total. The first-order chi connectivity index (χ1) is 10.7. The van der Waals surface area contributed by atoms with Gasteiger partial charge in [-0.1, -0.05) is 6.07 Å². The number of hydrogen-bond acceptors (Lipinski definition) is 4. The average molecular weight is 366 g/mol. The Morgan fingerprint density at radius 3 is 2.73 bits per heavy atom. The minimum atomic E-state index is -0.319. The van der Waals surface area contributed by atoms with Gasteiger partial charge < -0.3 is 10.4 Å². The molecule has 0 amide bonds. The fraction of sp³-hybridized carbons (Fsp3) is 0.143. The lowest BCUT2D eigenvalue weighted by atomic mass is 10.0. The van der Waals surface area contributed by atoms with E-state index in [0.29, 0.717) is 11.0 Å². The number of nitrogens with one attached hydrogen (secondary N) is 3. The zero-order valence-electron chi connectivity index (χ0n) is 11.4. The van der Waals surface area contributed by atoms with Gasteiger partial charge in [-0.2, -0.15) is 10.2 Å². The summed E-state index contributed by atoms with van der Waals surface area (Å²) in [4.78, 5) is 0. The second kappa shape index (κ2) is 6.29. The van der Waals surface area contributed by atoms with E-state index in [9.17, 15) is 4.39 Å². The Hall–Kier alpha value is -2.19. The van der Waals surface area contributed by atoms with E-state index >= 15 is 0 Å². The van der Waals surface area contributed by atoms with Gasteiger partial charge in [0, 0.05) is 12.1 Å². The first-order valence-electron chi connectivity index (χ1n) is 6.58. The molecule has 0 aliphatic heterocycles. The maximum atomic E-state index is 13.4. The molecule has 1 aromatic carbocycles. The first-order valence-corrected chi connectivity index (χ1v) is 7.37. The number of aromatic nitrogens is 4. The maximum Gasteiger partial charge on any atom is 0.137 e. The first kappa shape index (κ1) is 14.7. The predicted molar refractivity (Wildman–Crippen MR) is 84.8 cm³/mol. The van der Waals surface area contributed by atoms with E-state index in [1.165, 1.54) is 6.07 Å². The molecule has 114 valence electrons. The van der Waals surface area contributed by atoms with Gasteiger partial charge >= 0.3 is 0 Å². The molecule has 8 heteroatoms. The Balaban J connectivity index is 2.02. The second-order valence-electron chi connectivity index (χ2n) is 4.60. The highest BCUT2D eigenvalue weighted by Crippen LogP contribution is 2.34. The number of aromatic amines is 2. The van der Waals surface area contributed by atoms with Crippen LogP contribution in [0.2, 0.25) is 0 Å². The van der Waals surface area contributed by atoms with Gasteiger partial charge in [-0.15, -0.1) is 0 Å². The SMILES string of the molecule is OCCNc1cn[nH]c1-c1[nH]ncc1-c1ccc(F)c(Br)c1. The molecule has 0 aliphatic rings. The molecule has 0 radical (unpaired) electrons. The zero-order chi connectivity index (χ0) is 15.5. The summed E-state index contributed by atoms with van der Waals surface area (Å²) in [6.45, 7) is 0.434. The van der Waals surface area contributed by atoms with Crippen LogP contribution in [0.4, 0.5) is 10.1 Å². The number of hydrogen-bond donors (Lipinski definition) is 4. The van der Waals surface area contributed by atoms with Crippen LogP contribution in [0, 0.1) is 5.82 Å². The fourth-order valence-electron chi connectivity index (χ4n) is 2.16. The largest absolute Gasteiger partial charge is 0.395 e. The molecule has 2 heterocycles. The van der Waals surface area contributed by atoms with Crippen LogP contribution in [0.5, 0.6) is 0 Å². The predicted octanol–water partition coefficient (Wildman–Crippen LogP) is 2.77. The van der Waals surface area contributed by atoms with Crippen molar-refractivity contribution in [2.75, 3.05) is 18.5 Å². The summed E-state index contributed by atoms with van der Waals surface area (Å²) in [5.41, 5.74) is 3.84. The van der Waals surface area contributed by atoms with E-state index in [1.54, 1.807) is 24.5 Å². The molecular weight excluding hydrogens is 353 g/mol. The number of aliphatic hydroxyl groups is 1. The van der Waals surface area contributed by atoms with Crippen molar-refractivity contribution in [2.24, 2.45) is 0 Å². The Morgan fingerprint density at radius 1 is 1.18 bits per heavy atom. The molecule has 0 aliphatic carbocycles. The average Bonchev–Trinajstić information content (AvgIpc) is 3.15. The van der Waals surface area contributed by atoms with Gasteiger partial charge in [-0.25, -0.2) is 4.39 Å². The van der Waals surface area contributed by atoms with Gasteiger partial charge in [0.05, 0.1) is 34.9 Å². The third-order valence-corrected chi connectivity index (χ3v) is 3.79. The van der Waals surface area contributed by atoms with Gasteiger partial charge in [-0.3, -0.25) is 10.2 Å². The lowest BCUT2D eigenvalue weighted by Gasteiger charge is -2.07. The van der Waals surface area contributed by atoms with Crippen molar-refractivity contribution in [3.8, 4) is 22.5 Å². The van der Waals surface area contributed by atoms with E-state index in [4.69, 9.17) is 5.11 Å². The molecule has 3 aromatic rings. The quantitative estimate of drug-likeness (QED) is 0.559. The van der Waals surface area contributed by atoms with Crippen LogP contribution < -0.4 is 5.32 Å². The molecule has 0 unspecified atom stereocenters. The molecule has 0 fully saturated rings. The molecule has 2 aromatic heterocycles. The van der Waals surface area contributed by atoms with Crippen molar-refractivity contribution in [3.63, 3.8) is 0 Å². The molecule has 3 rings (SSSR count). The smallest absolute Gasteiger partial charge is 0.137 e. The molecule has 0 saturated heterocycles. The highest BCUT2D eigenvalue weighted by molar-refractivity contribution is 9.10. The van der Waals surface area contributed by atoms with E-state index in [0.717, 1.165) is 28.2 Å². The number of H-pyrrole nitrogens is 2. The van der Waals surface area contributed by atoms with Crippen LogP contribution in [0.1, 0.15) is 0 Å². The van der Waals surface area contributed by atoms with Crippen molar-refractivity contribution in [1.82, 2.24) is 20.4 Å². The third-order valence-electron chi connectivity index (χ3n) is 3.19. The molecule has 0 spiro atoms. The molecule has 6 nitrogen and oxygen atoms in total. The van der Waals surface area contributed by atoms with Gasteiger partial charge in [0.2, 0.25) is 0 Å². The number of rotatable bonds is 5. The van der Waals surface area contributed by atoms with Gasteiger partial charge in [0.25, 0.3) is 0 Å². The van der Waals surface area contributed by atoms with Crippen LogP contribution in [-0.2, 0) is 0 Å². The van der Waals surface area contributed by atoms with Crippen molar-refractivity contribution in [1.29, 1.82) is 0 Å². The summed E-state index contributed by atoms with van der Waals surface area (Å²) in [6.07, 6.45) is 3.31. The van der Waals surface area contributed by atoms with E-state index in [1.807, 2.05) is 0 Å². The lowest BCUT2D eigenvalue weighted by molar-refractivity contribution is 0.311. The molecular formula is C14H13BrFN5O. The van der Waals surface area contributed by atoms with Gasteiger partial charge in [-0.05, 0) is 33.6 Å². The molecule has 22 heavy (non-hydrogen) atoms. The topological polar surface area (TPSA) is 89.6 Å². The summed E-state index contributed by atoms with van der Waals surface area (Å²) < 4.78 is 13.8. The van der Waals surface area contributed by atoms with Gasteiger partial charge in [0.1, 0.15) is 11.5 Å². The molecule has 0 saturated carbocycles. The third kappa shape index (κ3) is 2.75. The highest BCUT2D eigenvalue weighted by Gasteiger charge is 2.16. The highest BCUT2D eigenvalue weighted by atomic mass is 79.9. The van der Waals surface area contributed by atoms with Crippen LogP contribution >= 0.6 is 15.9 Å². The number of aliphatic hydroxyl groups excluding tert-OH is 1. The monoisotopic (exact) mass is 365 g/mol. The number of anilines is 1. The summed E-state index contributed by atoms with van der Waals surface area (Å²) >= 11 is 3.19. The van der Waals surface area contributed by atoms with Crippen LogP contribution in [0.3, 0.4) is 0 Å². The Labute approximate surface area is 133 Å². The normalized spacial score (nSPS) is 10.9. The van der Waals surface area contributed by atoms with Crippen LogP contribution in [0.25, 0.3) is 22.5 Å².